The molecular weight excluding hydrogens is 212 g/mol. The number of benzene rings is 1. The van der Waals surface area contributed by atoms with E-state index in [4.69, 9.17) is 4.74 Å². The van der Waals surface area contributed by atoms with Gasteiger partial charge in [0, 0.05) is 30.4 Å². The van der Waals surface area contributed by atoms with E-state index in [0.29, 0.717) is 6.61 Å². The number of aromatic nitrogens is 1. The van der Waals surface area contributed by atoms with Crippen molar-refractivity contribution < 1.29 is 4.74 Å². The van der Waals surface area contributed by atoms with Crippen LogP contribution in [0.3, 0.4) is 0 Å². The zero-order chi connectivity index (χ0) is 12.3. The third-order valence-corrected chi connectivity index (χ3v) is 2.72. The monoisotopic (exact) mass is 230 g/mol. The maximum Gasteiger partial charge on any atom is 0.0722 e. The van der Waals surface area contributed by atoms with E-state index < -0.39 is 0 Å². The summed E-state index contributed by atoms with van der Waals surface area (Å²) in [4.78, 5) is 4.36. The fourth-order valence-corrected chi connectivity index (χ4v) is 1.94. The van der Waals surface area contributed by atoms with Gasteiger partial charge < -0.3 is 10.1 Å². The Morgan fingerprint density at radius 2 is 2.18 bits per heavy atom. The lowest BCUT2D eigenvalue weighted by molar-refractivity contribution is 0.190. The molecule has 90 valence electrons. The van der Waals surface area contributed by atoms with Gasteiger partial charge in [-0.15, -0.1) is 0 Å². The van der Waals surface area contributed by atoms with E-state index in [9.17, 15) is 0 Å². The normalized spacial score (nSPS) is 12.6. The van der Waals surface area contributed by atoms with Crippen LogP contribution < -0.4 is 5.32 Å². The maximum atomic E-state index is 5.13. The van der Waals surface area contributed by atoms with Gasteiger partial charge in [-0.25, -0.2) is 0 Å². The van der Waals surface area contributed by atoms with Gasteiger partial charge in [0.15, 0.2) is 0 Å². The molecule has 1 unspecified atom stereocenters. The zero-order valence-electron chi connectivity index (χ0n) is 10.5. The molecule has 0 spiro atoms. The van der Waals surface area contributed by atoms with Crippen molar-refractivity contribution in [3.8, 4) is 0 Å². The molecule has 0 fully saturated rings. The lowest BCUT2D eigenvalue weighted by Crippen LogP contribution is -2.20. The van der Waals surface area contributed by atoms with E-state index in [0.717, 1.165) is 16.6 Å². The van der Waals surface area contributed by atoms with Crippen LogP contribution in [-0.2, 0) is 4.74 Å². The van der Waals surface area contributed by atoms with Gasteiger partial charge in [-0.1, -0.05) is 11.6 Å². The molecule has 3 heteroatoms. The molecule has 17 heavy (non-hydrogen) atoms. The highest BCUT2D eigenvalue weighted by atomic mass is 16.5. The predicted octanol–water partition coefficient (Wildman–Crippen LogP) is 2.99. The minimum absolute atomic E-state index is 0.283. The SMILES string of the molecule is COCC(C)Nc1ccnc2ccc(C)cc12. The molecule has 0 bridgehead atoms. The highest BCUT2D eigenvalue weighted by Gasteiger charge is 2.05. The molecule has 0 aliphatic rings. The fraction of sp³-hybridized carbons (Fsp3) is 0.357. The van der Waals surface area contributed by atoms with Crippen molar-refractivity contribution in [2.24, 2.45) is 0 Å². The minimum Gasteiger partial charge on any atom is -0.383 e. The van der Waals surface area contributed by atoms with Gasteiger partial charge in [0.25, 0.3) is 0 Å². The molecule has 0 saturated heterocycles. The van der Waals surface area contributed by atoms with Crippen LogP contribution in [0.15, 0.2) is 30.5 Å². The van der Waals surface area contributed by atoms with Crippen LogP contribution in [-0.4, -0.2) is 24.7 Å². The van der Waals surface area contributed by atoms with Crippen molar-refractivity contribution in [3.63, 3.8) is 0 Å². The second-order valence-corrected chi connectivity index (χ2v) is 4.38. The molecule has 0 aliphatic carbocycles. The van der Waals surface area contributed by atoms with Gasteiger partial charge in [0.05, 0.1) is 12.1 Å². The number of nitrogens with zero attached hydrogens (tertiary/aromatic N) is 1. The van der Waals surface area contributed by atoms with Crippen molar-refractivity contribution in [2.75, 3.05) is 19.0 Å². The van der Waals surface area contributed by atoms with E-state index in [-0.39, 0.29) is 6.04 Å². The van der Waals surface area contributed by atoms with E-state index in [1.54, 1.807) is 7.11 Å². The molecule has 1 atom stereocenters. The third-order valence-electron chi connectivity index (χ3n) is 2.72. The summed E-state index contributed by atoms with van der Waals surface area (Å²) in [6.45, 7) is 4.88. The Morgan fingerprint density at radius 1 is 1.35 bits per heavy atom. The lowest BCUT2D eigenvalue weighted by atomic mass is 10.1. The Kier molecular flexibility index (Phi) is 3.59. The first-order valence-electron chi connectivity index (χ1n) is 5.81. The van der Waals surface area contributed by atoms with Crippen LogP contribution in [0.2, 0.25) is 0 Å². The number of fused-ring (bicyclic) bond motifs is 1. The third kappa shape index (κ3) is 2.74. The molecule has 1 aromatic heterocycles. The van der Waals surface area contributed by atoms with Gasteiger partial charge in [-0.3, -0.25) is 4.98 Å². The molecule has 3 nitrogen and oxygen atoms in total. The summed E-state index contributed by atoms with van der Waals surface area (Å²) in [5, 5.41) is 4.61. The van der Waals surface area contributed by atoms with Gasteiger partial charge in [0.1, 0.15) is 0 Å². The Labute approximate surface area is 102 Å². The summed E-state index contributed by atoms with van der Waals surface area (Å²) in [6, 6.07) is 8.58. The highest BCUT2D eigenvalue weighted by molar-refractivity contribution is 5.91. The van der Waals surface area contributed by atoms with Gasteiger partial charge >= 0.3 is 0 Å². The van der Waals surface area contributed by atoms with Crippen molar-refractivity contribution in [2.45, 2.75) is 19.9 Å². The summed E-state index contributed by atoms with van der Waals surface area (Å²) in [5.74, 6) is 0. The number of anilines is 1. The molecule has 2 aromatic rings. The number of hydrogen-bond donors (Lipinski definition) is 1. The first kappa shape index (κ1) is 11.9. The average molecular weight is 230 g/mol. The molecule has 2 rings (SSSR count). The quantitative estimate of drug-likeness (QED) is 0.876. The Bertz CT molecular complexity index is 511. The first-order valence-corrected chi connectivity index (χ1v) is 5.81. The van der Waals surface area contributed by atoms with Gasteiger partial charge in [-0.2, -0.15) is 0 Å². The first-order chi connectivity index (χ1) is 8.20. The second-order valence-electron chi connectivity index (χ2n) is 4.38. The number of hydrogen-bond acceptors (Lipinski definition) is 3. The lowest BCUT2D eigenvalue weighted by Gasteiger charge is -2.16. The molecule has 1 heterocycles. The van der Waals surface area contributed by atoms with Crippen LogP contribution in [0.5, 0.6) is 0 Å². The smallest absolute Gasteiger partial charge is 0.0722 e. The fourth-order valence-electron chi connectivity index (χ4n) is 1.94. The van der Waals surface area contributed by atoms with Crippen LogP contribution in [0.1, 0.15) is 12.5 Å². The van der Waals surface area contributed by atoms with Crippen molar-refractivity contribution >= 4 is 16.6 Å². The Morgan fingerprint density at radius 3 is 2.94 bits per heavy atom. The largest absolute Gasteiger partial charge is 0.383 e. The van der Waals surface area contributed by atoms with E-state index in [2.05, 4.69) is 42.3 Å². The van der Waals surface area contributed by atoms with Crippen molar-refractivity contribution in [1.82, 2.24) is 4.98 Å². The van der Waals surface area contributed by atoms with E-state index >= 15 is 0 Å². The number of rotatable bonds is 4. The predicted molar refractivity (Wildman–Crippen MR) is 71.4 cm³/mol. The molecule has 0 radical (unpaired) electrons. The van der Waals surface area contributed by atoms with E-state index in [1.807, 2.05) is 12.3 Å². The van der Waals surface area contributed by atoms with Crippen molar-refractivity contribution in [1.29, 1.82) is 0 Å². The number of nitrogens with one attached hydrogen (secondary N) is 1. The zero-order valence-corrected chi connectivity index (χ0v) is 10.5. The number of aryl methyl sites for hydroxylation is 1. The van der Waals surface area contributed by atoms with E-state index in [1.165, 1.54) is 5.56 Å². The summed E-state index contributed by atoms with van der Waals surface area (Å²) >= 11 is 0. The molecule has 0 saturated carbocycles. The molecule has 0 amide bonds. The molecular formula is C14H18N2O. The summed E-state index contributed by atoms with van der Waals surface area (Å²) in [7, 11) is 1.72. The Hall–Kier alpha value is -1.61. The van der Waals surface area contributed by atoms with Gasteiger partial charge in [-0.05, 0) is 32.0 Å². The van der Waals surface area contributed by atoms with Gasteiger partial charge in [0.2, 0.25) is 0 Å². The Balaban J connectivity index is 2.36. The maximum absolute atomic E-state index is 5.13. The highest BCUT2D eigenvalue weighted by Crippen LogP contribution is 2.23. The average Bonchev–Trinajstić information content (AvgIpc) is 2.30. The standard InChI is InChI=1S/C14H18N2O/c1-10-4-5-13-12(8-10)14(6-7-15-13)16-11(2)9-17-3/h4-8,11H,9H2,1-3H3,(H,15,16). The van der Waals surface area contributed by atoms with Crippen LogP contribution in [0.4, 0.5) is 5.69 Å². The van der Waals surface area contributed by atoms with Crippen LogP contribution >= 0.6 is 0 Å². The molecule has 1 aromatic carbocycles. The number of methoxy groups -OCH3 is 1. The van der Waals surface area contributed by atoms with Crippen molar-refractivity contribution in [3.05, 3.63) is 36.0 Å². The topological polar surface area (TPSA) is 34.1 Å². The minimum atomic E-state index is 0.283. The summed E-state index contributed by atoms with van der Waals surface area (Å²) in [5.41, 5.74) is 3.38. The molecule has 0 aliphatic heterocycles. The number of ether oxygens (including phenoxy) is 1. The van der Waals surface area contributed by atoms with Crippen LogP contribution in [0, 0.1) is 6.92 Å². The summed E-state index contributed by atoms with van der Waals surface area (Å²) in [6.07, 6.45) is 1.83. The molecule has 1 N–H and O–H groups in total. The van der Waals surface area contributed by atoms with Crippen LogP contribution in [0.25, 0.3) is 10.9 Å². The number of pyridine rings is 1. The summed E-state index contributed by atoms with van der Waals surface area (Å²) < 4.78 is 5.13. The second kappa shape index (κ2) is 5.15.